The van der Waals surface area contributed by atoms with Crippen LogP contribution >= 0.6 is 0 Å². The summed E-state index contributed by atoms with van der Waals surface area (Å²) in [6.07, 6.45) is 0.137. The summed E-state index contributed by atoms with van der Waals surface area (Å²) in [6.45, 7) is 2.70. The molecule has 0 bridgehead atoms. The number of ether oxygens (including phenoxy) is 1. The zero-order valence-corrected chi connectivity index (χ0v) is 12.8. The average Bonchev–Trinajstić information content (AvgIpc) is 2.58. The summed E-state index contributed by atoms with van der Waals surface area (Å²) in [7, 11) is 0. The largest absolute Gasteiger partial charge is 0.491 e. The molecule has 2 aromatic carbocycles. The van der Waals surface area contributed by atoms with Gasteiger partial charge in [-0.15, -0.1) is 0 Å². The normalized spacial score (nSPS) is 12.0. The first-order valence-electron chi connectivity index (χ1n) is 7.59. The van der Waals surface area contributed by atoms with Crippen molar-refractivity contribution in [3.8, 4) is 16.9 Å². The fourth-order valence-electron chi connectivity index (χ4n) is 2.11. The fraction of sp³-hybridized carbons (Fsp3) is 0.333. The highest BCUT2D eigenvalue weighted by atomic mass is 16.5. The van der Waals surface area contributed by atoms with Crippen molar-refractivity contribution >= 4 is 5.69 Å². The van der Waals surface area contributed by atoms with Gasteiger partial charge in [-0.2, -0.15) is 0 Å². The third kappa shape index (κ3) is 4.48. The van der Waals surface area contributed by atoms with Gasteiger partial charge < -0.3 is 20.3 Å². The second kappa shape index (κ2) is 8.41. The van der Waals surface area contributed by atoms with Crippen LogP contribution in [0, 0.1) is 0 Å². The number of hydrogen-bond donors (Lipinski definition) is 3. The van der Waals surface area contributed by atoms with Crippen LogP contribution in [-0.4, -0.2) is 36.1 Å². The third-order valence-corrected chi connectivity index (χ3v) is 3.29. The Balaban J connectivity index is 2.24. The molecule has 4 heteroatoms. The van der Waals surface area contributed by atoms with E-state index in [1.165, 1.54) is 0 Å². The molecule has 22 heavy (non-hydrogen) atoms. The Labute approximate surface area is 131 Å². The summed E-state index contributed by atoms with van der Waals surface area (Å²) in [5.41, 5.74) is 3.02. The standard InChI is InChI=1S/C18H23NO3/c1-2-10-22-18-9-8-15(14-6-4-3-5-7-14)11-17(18)19-12-16(21)13-20/h3-9,11,16,19-21H,2,10,12-13H2,1H3. The van der Waals surface area contributed by atoms with Gasteiger partial charge in [0.05, 0.1) is 25.0 Å². The Kier molecular flexibility index (Phi) is 6.25. The van der Waals surface area contributed by atoms with Crippen LogP contribution in [0.4, 0.5) is 5.69 Å². The zero-order chi connectivity index (χ0) is 15.8. The maximum absolute atomic E-state index is 9.52. The summed E-state index contributed by atoms with van der Waals surface area (Å²) >= 11 is 0. The monoisotopic (exact) mass is 301 g/mol. The van der Waals surface area contributed by atoms with E-state index in [1.54, 1.807) is 0 Å². The molecule has 118 valence electrons. The highest BCUT2D eigenvalue weighted by Gasteiger charge is 2.08. The first-order chi connectivity index (χ1) is 10.7. The zero-order valence-electron chi connectivity index (χ0n) is 12.8. The summed E-state index contributed by atoms with van der Waals surface area (Å²) in [5, 5.41) is 21.6. The molecule has 0 radical (unpaired) electrons. The summed E-state index contributed by atoms with van der Waals surface area (Å²) in [6, 6.07) is 16.0. The number of aliphatic hydroxyl groups excluding tert-OH is 2. The van der Waals surface area contributed by atoms with E-state index >= 15 is 0 Å². The number of aliphatic hydroxyl groups is 2. The van der Waals surface area contributed by atoms with Crippen molar-refractivity contribution in [2.24, 2.45) is 0 Å². The van der Waals surface area contributed by atoms with Crippen molar-refractivity contribution in [1.82, 2.24) is 0 Å². The van der Waals surface area contributed by atoms with Crippen LogP contribution in [0.2, 0.25) is 0 Å². The number of nitrogens with one attached hydrogen (secondary N) is 1. The lowest BCUT2D eigenvalue weighted by Gasteiger charge is -2.16. The molecule has 1 unspecified atom stereocenters. The molecule has 0 saturated carbocycles. The molecule has 4 nitrogen and oxygen atoms in total. The molecular weight excluding hydrogens is 278 g/mol. The highest BCUT2D eigenvalue weighted by molar-refractivity contribution is 5.72. The van der Waals surface area contributed by atoms with Gasteiger partial charge in [-0.25, -0.2) is 0 Å². The SMILES string of the molecule is CCCOc1ccc(-c2ccccc2)cc1NCC(O)CO. The van der Waals surface area contributed by atoms with E-state index < -0.39 is 6.10 Å². The molecule has 2 rings (SSSR count). The summed E-state index contributed by atoms with van der Waals surface area (Å²) < 4.78 is 5.74. The minimum Gasteiger partial charge on any atom is -0.491 e. The molecule has 0 amide bonds. The number of anilines is 1. The smallest absolute Gasteiger partial charge is 0.142 e. The van der Waals surface area contributed by atoms with Gasteiger partial charge in [-0.05, 0) is 29.7 Å². The van der Waals surface area contributed by atoms with E-state index in [-0.39, 0.29) is 13.2 Å². The Hall–Kier alpha value is -2.04. The number of hydrogen-bond acceptors (Lipinski definition) is 4. The average molecular weight is 301 g/mol. The second-order valence-corrected chi connectivity index (χ2v) is 5.14. The molecule has 0 spiro atoms. The van der Waals surface area contributed by atoms with E-state index in [0.717, 1.165) is 29.0 Å². The van der Waals surface area contributed by atoms with Crippen molar-refractivity contribution in [2.75, 3.05) is 25.1 Å². The molecule has 0 heterocycles. The number of benzene rings is 2. The minimum absolute atomic E-state index is 0.267. The van der Waals surface area contributed by atoms with Crippen molar-refractivity contribution in [1.29, 1.82) is 0 Å². The first-order valence-corrected chi connectivity index (χ1v) is 7.59. The molecule has 0 fully saturated rings. The quantitative estimate of drug-likeness (QED) is 0.701. The third-order valence-electron chi connectivity index (χ3n) is 3.29. The Morgan fingerprint density at radius 1 is 1.09 bits per heavy atom. The molecule has 0 saturated heterocycles. The second-order valence-electron chi connectivity index (χ2n) is 5.14. The van der Waals surface area contributed by atoms with Gasteiger partial charge in [0.15, 0.2) is 0 Å². The van der Waals surface area contributed by atoms with Gasteiger partial charge in [-0.1, -0.05) is 43.3 Å². The van der Waals surface area contributed by atoms with Crippen LogP contribution in [0.15, 0.2) is 48.5 Å². The van der Waals surface area contributed by atoms with Crippen LogP contribution in [0.25, 0.3) is 11.1 Å². The van der Waals surface area contributed by atoms with Gasteiger partial charge >= 0.3 is 0 Å². The van der Waals surface area contributed by atoms with Gasteiger partial charge in [0, 0.05) is 6.54 Å². The molecule has 0 aliphatic carbocycles. The topological polar surface area (TPSA) is 61.7 Å². The molecule has 0 aromatic heterocycles. The molecule has 0 aliphatic heterocycles. The Morgan fingerprint density at radius 2 is 1.86 bits per heavy atom. The maximum atomic E-state index is 9.52. The van der Waals surface area contributed by atoms with E-state index in [9.17, 15) is 5.11 Å². The van der Waals surface area contributed by atoms with E-state index in [2.05, 4.69) is 12.2 Å². The summed E-state index contributed by atoms with van der Waals surface area (Å²) in [4.78, 5) is 0. The van der Waals surface area contributed by atoms with Crippen molar-refractivity contribution in [3.63, 3.8) is 0 Å². The van der Waals surface area contributed by atoms with Crippen molar-refractivity contribution < 1.29 is 14.9 Å². The van der Waals surface area contributed by atoms with Gasteiger partial charge in [0.2, 0.25) is 0 Å². The molecule has 2 aromatic rings. The highest BCUT2D eigenvalue weighted by Crippen LogP contribution is 2.31. The minimum atomic E-state index is -0.792. The lowest BCUT2D eigenvalue weighted by Crippen LogP contribution is -2.23. The molecule has 1 atom stereocenters. The fourth-order valence-corrected chi connectivity index (χ4v) is 2.11. The lowest BCUT2D eigenvalue weighted by molar-refractivity contribution is 0.105. The van der Waals surface area contributed by atoms with Crippen LogP contribution in [0.3, 0.4) is 0 Å². The summed E-state index contributed by atoms with van der Waals surface area (Å²) in [5.74, 6) is 0.756. The van der Waals surface area contributed by atoms with Crippen LogP contribution in [-0.2, 0) is 0 Å². The molecule has 0 aliphatic rings. The van der Waals surface area contributed by atoms with Gasteiger partial charge in [0.25, 0.3) is 0 Å². The maximum Gasteiger partial charge on any atom is 0.142 e. The van der Waals surface area contributed by atoms with Gasteiger partial charge in [-0.3, -0.25) is 0 Å². The predicted octanol–water partition coefficient (Wildman–Crippen LogP) is 2.91. The van der Waals surface area contributed by atoms with Crippen molar-refractivity contribution in [3.05, 3.63) is 48.5 Å². The number of rotatable bonds is 8. The van der Waals surface area contributed by atoms with Gasteiger partial charge in [0.1, 0.15) is 5.75 Å². The van der Waals surface area contributed by atoms with E-state index in [1.807, 2.05) is 48.5 Å². The Morgan fingerprint density at radius 3 is 2.55 bits per heavy atom. The van der Waals surface area contributed by atoms with Crippen molar-refractivity contribution in [2.45, 2.75) is 19.4 Å². The first kappa shape index (κ1) is 16.3. The van der Waals surface area contributed by atoms with E-state index in [4.69, 9.17) is 9.84 Å². The van der Waals surface area contributed by atoms with E-state index in [0.29, 0.717) is 6.61 Å². The lowest BCUT2D eigenvalue weighted by atomic mass is 10.0. The molecular formula is C18H23NO3. The van der Waals surface area contributed by atoms with Crippen LogP contribution < -0.4 is 10.1 Å². The Bertz CT molecular complexity index is 572. The van der Waals surface area contributed by atoms with Crippen LogP contribution in [0.1, 0.15) is 13.3 Å². The molecule has 3 N–H and O–H groups in total. The predicted molar refractivity (Wildman–Crippen MR) is 89.2 cm³/mol. The van der Waals surface area contributed by atoms with Crippen LogP contribution in [0.5, 0.6) is 5.75 Å².